The molecule has 1 aliphatic rings. The van der Waals surface area contributed by atoms with Crippen LogP contribution in [0.4, 0.5) is 13.2 Å². The minimum Gasteiger partial charge on any atom is -0.394 e. The zero-order chi connectivity index (χ0) is 14.8. The number of hydrogen-bond donors (Lipinski definition) is 2. The predicted octanol–water partition coefficient (Wildman–Crippen LogP) is 2.74. The Hall–Kier alpha value is -1.56. The molecule has 3 nitrogen and oxygen atoms in total. The van der Waals surface area contributed by atoms with E-state index in [-0.39, 0.29) is 12.2 Å². The molecule has 1 amide bonds. The number of carbonyl (C=O) groups excluding carboxylic acids is 1. The number of aliphatic hydroxyl groups is 1. The summed E-state index contributed by atoms with van der Waals surface area (Å²) in [6.45, 7) is -0.153. The van der Waals surface area contributed by atoms with Crippen LogP contribution in [0, 0.1) is 0 Å². The molecule has 2 N–H and O–H groups in total. The smallest absolute Gasteiger partial charge is 0.394 e. The fourth-order valence-electron chi connectivity index (χ4n) is 2.50. The highest BCUT2D eigenvalue weighted by molar-refractivity contribution is 5.94. The second-order valence-electron chi connectivity index (χ2n) is 5.17. The molecule has 1 aromatic carbocycles. The van der Waals surface area contributed by atoms with E-state index < -0.39 is 23.2 Å². The van der Waals surface area contributed by atoms with E-state index in [9.17, 15) is 23.1 Å². The Labute approximate surface area is 114 Å². The first-order chi connectivity index (χ1) is 9.36. The van der Waals surface area contributed by atoms with E-state index in [2.05, 4.69) is 5.32 Å². The number of amides is 1. The number of benzene rings is 1. The highest BCUT2D eigenvalue weighted by Crippen LogP contribution is 2.31. The lowest BCUT2D eigenvalue weighted by molar-refractivity contribution is -0.137. The van der Waals surface area contributed by atoms with Gasteiger partial charge in [-0.3, -0.25) is 4.79 Å². The number of nitrogens with one attached hydrogen (secondary N) is 1. The monoisotopic (exact) mass is 287 g/mol. The molecule has 1 aliphatic carbocycles. The van der Waals surface area contributed by atoms with Gasteiger partial charge in [0.2, 0.25) is 0 Å². The maximum atomic E-state index is 12.4. The maximum absolute atomic E-state index is 12.4. The molecule has 2 rings (SSSR count). The minimum atomic E-state index is -4.41. The first-order valence-electron chi connectivity index (χ1n) is 6.47. The van der Waals surface area contributed by atoms with Crippen molar-refractivity contribution in [3.8, 4) is 0 Å². The van der Waals surface area contributed by atoms with Crippen molar-refractivity contribution in [2.24, 2.45) is 0 Å². The number of rotatable bonds is 3. The lowest BCUT2D eigenvalue weighted by Gasteiger charge is -2.28. The molecule has 1 aromatic rings. The maximum Gasteiger partial charge on any atom is 0.416 e. The topological polar surface area (TPSA) is 49.3 Å². The van der Waals surface area contributed by atoms with E-state index in [1.165, 1.54) is 0 Å². The largest absolute Gasteiger partial charge is 0.416 e. The Morgan fingerprint density at radius 3 is 2.20 bits per heavy atom. The third-order valence-electron chi connectivity index (χ3n) is 3.72. The van der Waals surface area contributed by atoms with E-state index in [1.807, 2.05) is 0 Å². The second-order valence-corrected chi connectivity index (χ2v) is 5.17. The summed E-state index contributed by atoms with van der Waals surface area (Å²) in [6.07, 6.45) is -1.18. The van der Waals surface area contributed by atoms with Crippen LogP contribution < -0.4 is 5.32 Å². The van der Waals surface area contributed by atoms with Crippen molar-refractivity contribution in [1.29, 1.82) is 0 Å². The molecule has 6 heteroatoms. The van der Waals surface area contributed by atoms with Gasteiger partial charge in [0.05, 0.1) is 17.7 Å². The summed E-state index contributed by atoms with van der Waals surface area (Å²) in [4.78, 5) is 12.0. The molecule has 20 heavy (non-hydrogen) atoms. The molecular weight excluding hydrogens is 271 g/mol. The summed E-state index contributed by atoms with van der Waals surface area (Å²) < 4.78 is 37.3. The molecule has 0 atom stereocenters. The standard InChI is InChI=1S/C14H16F3NO2/c15-14(16,17)11-5-3-10(4-6-11)12(20)18-13(9-19)7-1-2-8-13/h3-6,19H,1-2,7-9H2,(H,18,20). The van der Waals surface area contributed by atoms with E-state index >= 15 is 0 Å². The number of aliphatic hydroxyl groups excluding tert-OH is 1. The van der Waals surface area contributed by atoms with Gasteiger partial charge in [-0.15, -0.1) is 0 Å². The van der Waals surface area contributed by atoms with Gasteiger partial charge in [-0.25, -0.2) is 0 Å². The zero-order valence-corrected chi connectivity index (χ0v) is 10.8. The highest BCUT2D eigenvalue weighted by atomic mass is 19.4. The van der Waals surface area contributed by atoms with Gasteiger partial charge in [0.15, 0.2) is 0 Å². The molecule has 1 fully saturated rings. The summed E-state index contributed by atoms with van der Waals surface area (Å²) in [5.74, 6) is -0.449. The van der Waals surface area contributed by atoms with Gasteiger partial charge in [-0.2, -0.15) is 13.2 Å². The van der Waals surface area contributed by atoms with Crippen LogP contribution in [0.15, 0.2) is 24.3 Å². The lowest BCUT2D eigenvalue weighted by Crippen LogP contribution is -2.49. The molecule has 0 aliphatic heterocycles. The van der Waals surface area contributed by atoms with Gasteiger partial charge >= 0.3 is 6.18 Å². The van der Waals surface area contributed by atoms with Gasteiger partial charge in [-0.1, -0.05) is 12.8 Å². The van der Waals surface area contributed by atoms with Crippen molar-refractivity contribution >= 4 is 5.91 Å². The summed E-state index contributed by atoms with van der Waals surface area (Å²) >= 11 is 0. The minimum absolute atomic E-state index is 0.153. The Kier molecular flexibility index (Phi) is 4.04. The third kappa shape index (κ3) is 3.12. The molecular formula is C14H16F3NO2. The van der Waals surface area contributed by atoms with Crippen LogP contribution in [-0.2, 0) is 6.18 Å². The van der Waals surface area contributed by atoms with E-state index in [0.29, 0.717) is 12.8 Å². The molecule has 0 spiro atoms. The van der Waals surface area contributed by atoms with Crippen LogP contribution in [0.3, 0.4) is 0 Å². The third-order valence-corrected chi connectivity index (χ3v) is 3.72. The van der Waals surface area contributed by atoms with Crippen LogP contribution in [0.25, 0.3) is 0 Å². The normalized spacial score (nSPS) is 18.0. The number of halogens is 3. The molecule has 0 radical (unpaired) electrons. The average molecular weight is 287 g/mol. The van der Waals surface area contributed by atoms with Crippen LogP contribution in [0.5, 0.6) is 0 Å². The van der Waals surface area contributed by atoms with Crippen molar-refractivity contribution in [2.75, 3.05) is 6.61 Å². The van der Waals surface area contributed by atoms with E-state index in [0.717, 1.165) is 37.1 Å². The fraction of sp³-hybridized carbons (Fsp3) is 0.500. The van der Waals surface area contributed by atoms with Crippen molar-refractivity contribution in [2.45, 2.75) is 37.4 Å². The van der Waals surface area contributed by atoms with Crippen molar-refractivity contribution in [1.82, 2.24) is 5.32 Å². The Bertz CT molecular complexity index is 476. The lowest BCUT2D eigenvalue weighted by atomic mass is 9.98. The first-order valence-corrected chi connectivity index (χ1v) is 6.47. The molecule has 1 saturated carbocycles. The van der Waals surface area contributed by atoms with Gasteiger partial charge in [0, 0.05) is 5.56 Å². The van der Waals surface area contributed by atoms with Crippen molar-refractivity contribution in [3.63, 3.8) is 0 Å². The number of carbonyl (C=O) groups is 1. The van der Waals surface area contributed by atoms with Crippen molar-refractivity contribution in [3.05, 3.63) is 35.4 Å². The highest BCUT2D eigenvalue weighted by Gasteiger charge is 2.35. The molecule has 0 unspecified atom stereocenters. The molecule has 0 saturated heterocycles. The molecule has 0 bridgehead atoms. The Morgan fingerprint density at radius 2 is 1.75 bits per heavy atom. The van der Waals surface area contributed by atoms with Gasteiger partial charge in [0.25, 0.3) is 5.91 Å². The molecule has 0 aromatic heterocycles. The van der Waals surface area contributed by atoms with Gasteiger partial charge in [-0.05, 0) is 37.1 Å². The zero-order valence-electron chi connectivity index (χ0n) is 10.8. The van der Waals surface area contributed by atoms with Crippen LogP contribution in [0.2, 0.25) is 0 Å². The molecule has 110 valence electrons. The number of alkyl halides is 3. The summed E-state index contributed by atoms with van der Waals surface area (Å²) in [7, 11) is 0. The van der Waals surface area contributed by atoms with E-state index in [4.69, 9.17) is 0 Å². The first kappa shape index (κ1) is 14.8. The van der Waals surface area contributed by atoms with Crippen LogP contribution in [-0.4, -0.2) is 23.2 Å². The SMILES string of the molecule is O=C(NC1(CO)CCCC1)c1ccc(C(F)(F)F)cc1. The van der Waals surface area contributed by atoms with Crippen LogP contribution >= 0.6 is 0 Å². The molecule has 0 heterocycles. The predicted molar refractivity (Wildman–Crippen MR) is 67.2 cm³/mol. The summed E-state index contributed by atoms with van der Waals surface area (Å²) in [5.41, 5.74) is -1.25. The average Bonchev–Trinajstić information content (AvgIpc) is 2.87. The van der Waals surface area contributed by atoms with E-state index in [1.54, 1.807) is 0 Å². The Balaban J connectivity index is 2.10. The fourth-order valence-corrected chi connectivity index (χ4v) is 2.50. The van der Waals surface area contributed by atoms with Crippen LogP contribution in [0.1, 0.15) is 41.6 Å². The number of hydrogen-bond acceptors (Lipinski definition) is 2. The quantitative estimate of drug-likeness (QED) is 0.898. The summed E-state index contributed by atoms with van der Waals surface area (Å²) in [6, 6.07) is 4.07. The second kappa shape index (κ2) is 5.44. The van der Waals surface area contributed by atoms with Gasteiger partial charge in [0.1, 0.15) is 0 Å². The van der Waals surface area contributed by atoms with Gasteiger partial charge < -0.3 is 10.4 Å². The summed E-state index contributed by atoms with van der Waals surface area (Å²) in [5, 5.41) is 12.1. The van der Waals surface area contributed by atoms with Crippen molar-refractivity contribution < 1.29 is 23.1 Å². The Morgan fingerprint density at radius 1 is 1.20 bits per heavy atom.